The highest BCUT2D eigenvalue weighted by molar-refractivity contribution is 7.89. The minimum atomic E-state index is -4.20. The largest absolute Gasteiger partial charge is 0.395 e. The third kappa shape index (κ3) is 3.65. The van der Waals surface area contributed by atoms with Gasteiger partial charge in [-0.05, 0) is 23.8 Å². The van der Waals surface area contributed by atoms with Gasteiger partial charge in [0.1, 0.15) is 16.5 Å². The fourth-order valence-corrected chi connectivity index (χ4v) is 3.38. The molecule has 2 aromatic rings. The Bertz CT molecular complexity index is 739. The van der Waals surface area contributed by atoms with Gasteiger partial charge in [-0.15, -0.1) is 0 Å². The molecule has 0 aliphatic heterocycles. The Labute approximate surface area is 126 Å². The van der Waals surface area contributed by atoms with Crippen molar-refractivity contribution in [2.75, 3.05) is 13.2 Å². The number of aliphatic hydroxyl groups is 1. The van der Waals surface area contributed by atoms with Crippen LogP contribution in [0.4, 0.5) is 8.78 Å². The minimum Gasteiger partial charge on any atom is -0.395 e. The lowest BCUT2D eigenvalue weighted by Crippen LogP contribution is -2.33. The predicted octanol–water partition coefficient (Wildman–Crippen LogP) is 1.54. The van der Waals surface area contributed by atoms with Crippen molar-refractivity contribution >= 4 is 10.0 Å². The van der Waals surface area contributed by atoms with Gasteiger partial charge in [0.15, 0.2) is 0 Å². The molecule has 0 aliphatic rings. The van der Waals surface area contributed by atoms with Crippen LogP contribution in [-0.2, 0) is 16.6 Å². The van der Waals surface area contributed by atoms with Crippen LogP contribution >= 0.6 is 0 Å². The monoisotopic (exact) mass is 328 g/mol. The lowest BCUT2D eigenvalue weighted by atomic mass is 10.3. The average Bonchev–Trinajstić information content (AvgIpc) is 2.47. The first-order valence-electron chi connectivity index (χ1n) is 6.40. The van der Waals surface area contributed by atoms with Gasteiger partial charge in [0.2, 0.25) is 10.0 Å². The van der Waals surface area contributed by atoms with E-state index in [-0.39, 0.29) is 13.1 Å². The maximum Gasteiger partial charge on any atom is 0.246 e. The highest BCUT2D eigenvalue weighted by Gasteiger charge is 2.27. The fourth-order valence-electron chi connectivity index (χ4n) is 1.91. The Morgan fingerprint density at radius 1 is 1.23 bits per heavy atom. The molecule has 0 unspecified atom stereocenters. The first-order chi connectivity index (χ1) is 10.4. The summed E-state index contributed by atoms with van der Waals surface area (Å²) in [6.45, 7) is -0.718. The number of hydrogen-bond donors (Lipinski definition) is 1. The molecule has 0 saturated heterocycles. The van der Waals surface area contributed by atoms with E-state index < -0.39 is 33.2 Å². The van der Waals surface area contributed by atoms with Crippen LogP contribution in [-0.4, -0.2) is 36.0 Å². The zero-order valence-electron chi connectivity index (χ0n) is 11.5. The minimum absolute atomic E-state index is 0.0758. The van der Waals surface area contributed by atoms with E-state index in [1.807, 2.05) is 0 Å². The van der Waals surface area contributed by atoms with Crippen molar-refractivity contribution in [2.45, 2.75) is 11.4 Å². The summed E-state index contributed by atoms with van der Waals surface area (Å²) in [5, 5.41) is 9.06. The molecule has 0 fully saturated rings. The molecule has 5 nitrogen and oxygen atoms in total. The van der Waals surface area contributed by atoms with Gasteiger partial charge in [0, 0.05) is 31.5 Å². The maximum absolute atomic E-state index is 13.8. The number of aromatic nitrogens is 1. The number of benzene rings is 1. The Balaban J connectivity index is 2.37. The van der Waals surface area contributed by atoms with Gasteiger partial charge in [0.05, 0.1) is 6.61 Å². The van der Waals surface area contributed by atoms with Gasteiger partial charge >= 0.3 is 0 Å². The van der Waals surface area contributed by atoms with Crippen LogP contribution < -0.4 is 0 Å². The predicted molar refractivity (Wildman–Crippen MR) is 75.3 cm³/mol. The van der Waals surface area contributed by atoms with Gasteiger partial charge in [-0.1, -0.05) is 6.07 Å². The zero-order chi connectivity index (χ0) is 16.2. The number of sulfonamides is 1. The van der Waals surface area contributed by atoms with Crippen molar-refractivity contribution in [1.29, 1.82) is 0 Å². The van der Waals surface area contributed by atoms with Crippen LogP contribution in [0.1, 0.15) is 5.56 Å². The van der Waals surface area contributed by atoms with Crippen molar-refractivity contribution in [1.82, 2.24) is 9.29 Å². The van der Waals surface area contributed by atoms with E-state index in [0.29, 0.717) is 11.6 Å². The van der Waals surface area contributed by atoms with Gasteiger partial charge in [0.25, 0.3) is 0 Å². The summed E-state index contributed by atoms with van der Waals surface area (Å²) < 4.78 is 52.6. The van der Waals surface area contributed by atoms with Crippen molar-refractivity contribution in [3.8, 4) is 0 Å². The van der Waals surface area contributed by atoms with Gasteiger partial charge in [-0.2, -0.15) is 4.31 Å². The normalized spacial score (nSPS) is 11.8. The van der Waals surface area contributed by atoms with Crippen LogP contribution in [0.15, 0.2) is 47.6 Å². The molecule has 1 aromatic carbocycles. The summed E-state index contributed by atoms with van der Waals surface area (Å²) >= 11 is 0. The highest BCUT2D eigenvalue weighted by Crippen LogP contribution is 2.21. The summed E-state index contributed by atoms with van der Waals surface area (Å²) in [6.07, 6.45) is 3.01. The third-order valence-electron chi connectivity index (χ3n) is 2.94. The second-order valence-corrected chi connectivity index (χ2v) is 6.40. The van der Waals surface area contributed by atoms with Crippen molar-refractivity contribution in [2.24, 2.45) is 0 Å². The Morgan fingerprint density at radius 3 is 2.59 bits per heavy atom. The molecular weight excluding hydrogens is 314 g/mol. The molecule has 0 atom stereocenters. The molecule has 0 spiro atoms. The second kappa shape index (κ2) is 6.91. The van der Waals surface area contributed by atoms with Gasteiger partial charge in [-0.3, -0.25) is 4.98 Å². The molecule has 0 amide bonds. The Morgan fingerprint density at radius 2 is 2.00 bits per heavy atom. The summed E-state index contributed by atoms with van der Waals surface area (Å²) in [6, 6.07) is 5.55. The van der Waals surface area contributed by atoms with Crippen LogP contribution in [0.5, 0.6) is 0 Å². The number of nitrogens with zero attached hydrogens (tertiary/aromatic N) is 2. The SMILES string of the molecule is O=S(=O)(c1ccc(F)cc1F)N(CCO)Cc1cccnc1. The van der Waals surface area contributed by atoms with Crippen LogP contribution in [0.3, 0.4) is 0 Å². The van der Waals surface area contributed by atoms with Gasteiger partial charge in [-0.25, -0.2) is 17.2 Å². The number of hydrogen-bond acceptors (Lipinski definition) is 4. The van der Waals surface area contributed by atoms with E-state index in [1.54, 1.807) is 12.1 Å². The van der Waals surface area contributed by atoms with E-state index in [4.69, 9.17) is 5.11 Å². The first kappa shape index (κ1) is 16.5. The maximum atomic E-state index is 13.8. The van der Waals surface area contributed by atoms with Crippen molar-refractivity contribution in [3.05, 3.63) is 59.9 Å². The number of halogens is 2. The first-order valence-corrected chi connectivity index (χ1v) is 7.84. The molecule has 2 rings (SSSR count). The smallest absolute Gasteiger partial charge is 0.246 e. The quantitative estimate of drug-likeness (QED) is 0.873. The van der Waals surface area contributed by atoms with E-state index >= 15 is 0 Å². The number of rotatable bonds is 6. The third-order valence-corrected chi connectivity index (χ3v) is 4.82. The molecule has 1 heterocycles. The van der Waals surface area contributed by atoms with E-state index in [2.05, 4.69) is 4.98 Å². The Kier molecular flexibility index (Phi) is 5.17. The van der Waals surface area contributed by atoms with Crippen LogP contribution in [0.25, 0.3) is 0 Å². The van der Waals surface area contributed by atoms with Crippen LogP contribution in [0.2, 0.25) is 0 Å². The molecule has 0 aliphatic carbocycles. The van der Waals surface area contributed by atoms with Gasteiger partial charge < -0.3 is 5.11 Å². The molecule has 22 heavy (non-hydrogen) atoms. The van der Waals surface area contributed by atoms with E-state index in [1.165, 1.54) is 12.4 Å². The summed E-state index contributed by atoms with van der Waals surface area (Å²) in [4.78, 5) is 3.24. The summed E-state index contributed by atoms with van der Waals surface area (Å²) in [7, 11) is -4.20. The molecule has 1 N–H and O–H groups in total. The molecular formula is C14H14F2N2O3S. The van der Waals surface area contributed by atoms with Crippen LogP contribution in [0, 0.1) is 11.6 Å². The standard InChI is InChI=1S/C14H14F2N2O3S/c15-12-3-4-14(13(16)8-12)22(20,21)18(6-7-19)10-11-2-1-5-17-9-11/h1-5,8-9,19H,6-7,10H2. The second-order valence-electron chi connectivity index (χ2n) is 4.50. The molecule has 1 aromatic heterocycles. The van der Waals surface area contributed by atoms with Crippen molar-refractivity contribution in [3.63, 3.8) is 0 Å². The number of aliphatic hydroxyl groups excluding tert-OH is 1. The number of pyridine rings is 1. The lowest BCUT2D eigenvalue weighted by Gasteiger charge is -2.21. The van der Waals surface area contributed by atoms with E-state index in [9.17, 15) is 17.2 Å². The fraction of sp³-hybridized carbons (Fsp3) is 0.214. The molecule has 118 valence electrons. The average molecular weight is 328 g/mol. The molecule has 0 saturated carbocycles. The molecule has 0 radical (unpaired) electrons. The molecule has 0 bridgehead atoms. The zero-order valence-corrected chi connectivity index (χ0v) is 12.3. The van der Waals surface area contributed by atoms with Crippen molar-refractivity contribution < 1.29 is 22.3 Å². The van der Waals surface area contributed by atoms with E-state index in [0.717, 1.165) is 16.4 Å². The molecule has 8 heteroatoms. The highest BCUT2D eigenvalue weighted by atomic mass is 32.2. The summed E-state index contributed by atoms with van der Waals surface area (Å²) in [5.74, 6) is -2.04. The summed E-state index contributed by atoms with van der Waals surface area (Å²) in [5.41, 5.74) is 0.585. The topological polar surface area (TPSA) is 70.5 Å². The lowest BCUT2D eigenvalue weighted by molar-refractivity contribution is 0.250. The Hall–Kier alpha value is -1.90.